The van der Waals surface area contributed by atoms with Gasteiger partial charge in [0, 0.05) is 37.3 Å². The van der Waals surface area contributed by atoms with E-state index in [1.807, 2.05) is 6.07 Å². The Morgan fingerprint density at radius 3 is 2.89 bits per heavy atom. The van der Waals surface area contributed by atoms with Crippen LogP contribution in [0.4, 0.5) is 10.2 Å². The highest BCUT2D eigenvalue weighted by Crippen LogP contribution is 2.26. The van der Waals surface area contributed by atoms with Crippen molar-refractivity contribution in [2.75, 3.05) is 38.7 Å². The number of likely N-dealkylation sites (tertiary alicyclic amines) is 1. The van der Waals surface area contributed by atoms with Crippen LogP contribution < -0.4 is 20.1 Å². The lowest BCUT2D eigenvalue weighted by molar-refractivity contribution is -0.118. The van der Waals surface area contributed by atoms with Crippen molar-refractivity contribution in [1.82, 2.24) is 25.2 Å². The average molecular weight is 555 g/mol. The number of aliphatic hydroxyl groups excluding tert-OH is 1. The van der Waals surface area contributed by atoms with Gasteiger partial charge < -0.3 is 30.1 Å². The summed E-state index contributed by atoms with van der Waals surface area (Å²) in [5.41, 5.74) is 2.36. The van der Waals surface area contributed by atoms with E-state index in [1.54, 1.807) is 18.2 Å². The van der Waals surface area contributed by atoms with Gasteiger partial charge in [-0.05, 0) is 37.6 Å². The van der Waals surface area contributed by atoms with Crippen molar-refractivity contribution in [1.29, 1.82) is 0 Å². The largest absolute Gasteiger partial charge is 0.481 e. The molecular formula is C24H29Cl2FN6O4. The highest BCUT2D eigenvalue weighted by molar-refractivity contribution is 5.94. The molecule has 0 bridgehead atoms. The number of nitrogens with one attached hydrogen (secondary N) is 2. The Kier molecular flexibility index (Phi) is 9.80. The molecule has 5 heterocycles. The summed E-state index contributed by atoms with van der Waals surface area (Å²) in [7, 11) is 1.52. The maximum absolute atomic E-state index is 14.6. The number of amides is 1. The number of carbonyl (C=O) groups is 1. The zero-order chi connectivity index (χ0) is 24.4. The maximum Gasteiger partial charge on any atom is 0.263 e. The minimum atomic E-state index is -0.582. The predicted octanol–water partition coefficient (Wildman–Crippen LogP) is 2.11. The van der Waals surface area contributed by atoms with Gasteiger partial charge in [-0.25, -0.2) is 14.4 Å². The van der Waals surface area contributed by atoms with E-state index in [9.17, 15) is 14.3 Å². The second-order valence-corrected chi connectivity index (χ2v) is 8.69. The molecule has 10 nitrogen and oxygen atoms in total. The number of ether oxygens (including phenoxy) is 2. The topological polar surface area (TPSA) is 122 Å². The van der Waals surface area contributed by atoms with Crippen LogP contribution in [0.15, 0.2) is 30.5 Å². The fourth-order valence-electron chi connectivity index (χ4n) is 4.48. The Morgan fingerprint density at radius 2 is 2.11 bits per heavy atom. The van der Waals surface area contributed by atoms with Crippen LogP contribution in [-0.4, -0.2) is 76.4 Å². The molecule has 3 N–H and O–H groups in total. The fourth-order valence-corrected chi connectivity index (χ4v) is 4.48. The van der Waals surface area contributed by atoms with Crippen molar-refractivity contribution in [3.8, 4) is 11.6 Å². The van der Waals surface area contributed by atoms with E-state index in [0.717, 1.165) is 18.7 Å². The molecule has 13 heteroatoms. The van der Waals surface area contributed by atoms with Crippen LogP contribution >= 0.6 is 24.8 Å². The Labute approximate surface area is 225 Å². The summed E-state index contributed by atoms with van der Waals surface area (Å²) < 4.78 is 25.1. The third kappa shape index (κ3) is 6.55. The number of hydrogen-bond donors (Lipinski definition) is 3. The number of rotatable bonds is 7. The summed E-state index contributed by atoms with van der Waals surface area (Å²) in [5.74, 6) is 0.756. The number of hydrogen-bond acceptors (Lipinski definition) is 9. The standard InChI is InChI=1S/C24H27FN6O4.2ClH/c1-34-22-5-3-18-23(30-22)15(16(25)11-27-18)6-8-31-9-7-17(19(32)12-31)26-10-14-2-4-20-24(28-14)29-21(33)13-35-20;;/h2-5,11,17,19,26,32H,6-10,12-13H2,1H3,(H,28,29,33);2*1H/t17-,19-;;/m0../s1. The number of carbonyl (C=O) groups excluding carboxylic acids is 1. The molecule has 0 saturated carbocycles. The lowest BCUT2D eigenvalue weighted by atomic mass is 10.0. The molecular weight excluding hydrogens is 526 g/mol. The monoisotopic (exact) mass is 554 g/mol. The van der Waals surface area contributed by atoms with E-state index in [2.05, 4.69) is 30.5 Å². The second-order valence-electron chi connectivity index (χ2n) is 8.69. The van der Waals surface area contributed by atoms with Crippen LogP contribution in [0.5, 0.6) is 11.6 Å². The van der Waals surface area contributed by atoms with Crippen LogP contribution in [0.1, 0.15) is 17.7 Å². The highest BCUT2D eigenvalue weighted by atomic mass is 35.5. The Hall–Kier alpha value is -2.83. The van der Waals surface area contributed by atoms with E-state index in [4.69, 9.17) is 9.47 Å². The molecule has 0 spiro atoms. The molecule has 2 aliphatic rings. The van der Waals surface area contributed by atoms with E-state index in [1.165, 1.54) is 13.3 Å². The minimum Gasteiger partial charge on any atom is -0.481 e. The molecule has 1 amide bonds. The number of anilines is 1. The summed E-state index contributed by atoms with van der Waals surface area (Å²) >= 11 is 0. The van der Waals surface area contributed by atoms with Gasteiger partial charge >= 0.3 is 0 Å². The van der Waals surface area contributed by atoms with Crippen molar-refractivity contribution in [2.45, 2.75) is 31.5 Å². The van der Waals surface area contributed by atoms with Crippen LogP contribution in [0.3, 0.4) is 0 Å². The third-order valence-electron chi connectivity index (χ3n) is 6.37. The maximum atomic E-state index is 14.6. The first-order valence-corrected chi connectivity index (χ1v) is 11.5. The summed E-state index contributed by atoms with van der Waals surface area (Å²) in [6.07, 6.45) is 1.82. The van der Waals surface area contributed by atoms with Gasteiger partial charge in [0.1, 0.15) is 5.82 Å². The van der Waals surface area contributed by atoms with Crippen LogP contribution in [0.25, 0.3) is 11.0 Å². The normalized spacial score (nSPS) is 19.2. The molecule has 3 aromatic rings. The quantitative estimate of drug-likeness (QED) is 0.403. The fraction of sp³-hybridized carbons (Fsp3) is 0.417. The van der Waals surface area contributed by atoms with Gasteiger partial charge in [-0.3, -0.25) is 9.78 Å². The highest BCUT2D eigenvalue weighted by Gasteiger charge is 2.28. The van der Waals surface area contributed by atoms with Gasteiger partial charge in [-0.15, -0.1) is 24.8 Å². The first-order valence-electron chi connectivity index (χ1n) is 11.5. The molecule has 1 saturated heterocycles. The third-order valence-corrected chi connectivity index (χ3v) is 6.37. The van der Waals surface area contributed by atoms with Crippen molar-refractivity contribution in [3.05, 3.63) is 47.5 Å². The molecule has 2 aliphatic heterocycles. The SMILES string of the molecule is COc1ccc2ncc(F)c(CCN3CC[C@H](NCc4ccc5c(n4)NC(=O)CO5)[C@@H](O)C3)c2n1.Cl.Cl. The first-order chi connectivity index (χ1) is 17.0. The van der Waals surface area contributed by atoms with Crippen LogP contribution in [0, 0.1) is 5.82 Å². The molecule has 0 aliphatic carbocycles. The predicted molar refractivity (Wildman–Crippen MR) is 140 cm³/mol. The number of aromatic nitrogens is 3. The van der Waals surface area contributed by atoms with Crippen molar-refractivity contribution < 1.29 is 23.8 Å². The number of pyridine rings is 3. The summed E-state index contributed by atoms with van der Waals surface area (Å²) in [6, 6.07) is 6.99. The number of halogens is 3. The first kappa shape index (κ1) is 28.7. The number of piperidine rings is 1. The Bertz CT molecular complexity index is 1250. The summed E-state index contributed by atoms with van der Waals surface area (Å²) in [4.78, 5) is 26.6. The molecule has 0 unspecified atom stereocenters. The van der Waals surface area contributed by atoms with Gasteiger partial charge in [0.15, 0.2) is 18.2 Å². The van der Waals surface area contributed by atoms with Gasteiger partial charge in [-0.1, -0.05) is 0 Å². The van der Waals surface area contributed by atoms with Crippen molar-refractivity contribution in [2.24, 2.45) is 0 Å². The molecule has 3 aromatic heterocycles. The zero-order valence-corrected chi connectivity index (χ0v) is 21.8. The van der Waals surface area contributed by atoms with E-state index < -0.39 is 11.9 Å². The number of fused-ring (bicyclic) bond motifs is 2. The molecule has 0 radical (unpaired) electrons. The number of nitrogens with zero attached hydrogens (tertiary/aromatic N) is 4. The van der Waals surface area contributed by atoms with Gasteiger partial charge in [0.25, 0.3) is 5.91 Å². The minimum absolute atomic E-state index is 0. The van der Waals surface area contributed by atoms with Gasteiger partial charge in [0.05, 0.1) is 36.1 Å². The Balaban J connectivity index is 0.00000190. The second kappa shape index (κ2) is 12.6. The van der Waals surface area contributed by atoms with E-state index in [0.29, 0.717) is 60.1 Å². The Morgan fingerprint density at radius 1 is 1.27 bits per heavy atom. The molecule has 0 aromatic carbocycles. The lowest BCUT2D eigenvalue weighted by Crippen LogP contribution is -2.52. The van der Waals surface area contributed by atoms with Crippen molar-refractivity contribution >= 4 is 47.6 Å². The van der Waals surface area contributed by atoms with Crippen LogP contribution in [-0.2, 0) is 17.8 Å². The van der Waals surface area contributed by atoms with Gasteiger partial charge in [0.2, 0.25) is 5.88 Å². The van der Waals surface area contributed by atoms with Crippen LogP contribution in [0.2, 0.25) is 0 Å². The summed E-state index contributed by atoms with van der Waals surface area (Å²) in [6.45, 7) is 2.27. The van der Waals surface area contributed by atoms with Crippen molar-refractivity contribution in [3.63, 3.8) is 0 Å². The summed E-state index contributed by atoms with van der Waals surface area (Å²) in [5, 5.41) is 16.8. The van der Waals surface area contributed by atoms with E-state index in [-0.39, 0.29) is 43.4 Å². The molecule has 200 valence electrons. The smallest absolute Gasteiger partial charge is 0.263 e. The van der Waals surface area contributed by atoms with Gasteiger partial charge in [-0.2, -0.15) is 0 Å². The van der Waals surface area contributed by atoms with E-state index >= 15 is 0 Å². The molecule has 5 rings (SSSR count). The molecule has 1 fully saturated rings. The molecule has 37 heavy (non-hydrogen) atoms. The number of methoxy groups -OCH3 is 1. The lowest BCUT2D eigenvalue weighted by Gasteiger charge is -2.36. The average Bonchev–Trinajstić information content (AvgIpc) is 2.87. The molecule has 2 atom stereocenters. The number of aliphatic hydroxyl groups is 1. The number of β-amino-alcohol motifs (C(OH)–C–C–N with tert-alkyl or cyclic N) is 1. The zero-order valence-electron chi connectivity index (χ0n) is 20.1.